The Morgan fingerprint density at radius 3 is 2.09 bits per heavy atom. The van der Waals surface area contributed by atoms with Crippen LogP contribution in [0.2, 0.25) is 0 Å². The molecule has 0 heterocycles. The average molecular weight is 332 g/mol. The summed E-state index contributed by atoms with van der Waals surface area (Å²) in [6.07, 6.45) is 1.43. The number of rotatable bonds is 16. The van der Waals surface area contributed by atoms with Crippen LogP contribution >= 0.6 is 0 Å². The van der Waals surface area contributed by atoms with Crippen LogP contribution in [0.1, 0.15) is 40.5 Å². The molecule has 1 amide bonds. The Labute approximate surface area is 141 Å². The minimum Gasteiger partial charge on any atom is -0.380 e. The highest BCUT2D eigenvalue weighted by Crippen LogP contribution is 1.98. The second-order valence-electron chi connectivity index (χ2n) is 6.23. The summed E-state index contributed by atoms with van der Waals surface area (Å²) in [7, 11) is 0. The fourth-order valence-corrected chi connectivity index (χ4v) is 1.68. The molecule has 0 radical (unpaired) electrons. The van der Waals surface area contributed by atoms with Crippen molar-refractivity contribution in [2.45, 2.75) is 46.6 Å². The van der Waals surface area contributed by atoms with E-state index in [4.69, 9.17) is 14.2 Å². The zero-order valence-electron chi connectivity index (χ0n) is 15.4. The van der Waals surface area contributed by atoms with Crippen molar-refractivity contribution in [1.82, 2.24) is 10.6 Å². The van der Waals surface area contributed by atoms with Crippen molar-refractivity contribution < 1.29 is 19.0 Å². The predicted octanol–water partition coefficient (Wildman–Crippen LogP) is 1.59. The summed E-state index contributed by atoms with van der Waals surface area (Å²) in [5.74, 6) is 0.650. The Kier molecular flexibility index (Phi) is 15.7. The van der Waals surface area contributed by atoms with Gasteiger partial charge >= 0.3 is 0 Å². The van der Waals surface area contributed by atoms with Crippen molar-refractivity contribution in [3.63, 3.8) is 0 Å². The second kappa shape index (κ2) is 16.2. The maximum absolute atomic E-state index is 11.5. The van der Waals surface area contributed by atoms with E-state index in [1.165, 1.54) is 0 Å². The van der Waals surface area contributed by atoms with Crippen LogP contribution in [0.15, 0.2) is 0 Å². The topological polar surface area (TPSA) is 68.8 Å². The van der Waals surface area contributed by atoms with Crippen LogP contribution in [0.25, 0.3) is 0 Å². The van der Waals surface area contributed by atoms with Gasteiger partial charge in [0.25, 0.3) is 0 Å². The number of carbonyl (C=O) groups excluding carboxylic acids is 1. The Balaban J connectivity index is 3.18. The third-order valence-electron chi connectivity index (χ3n) is 3.05. The Morgan fingerprint density at radius 2 is 1.43 bits per heavy atom. The molecule has 0 aliphatic carbocycles. The minimum atomic E-state index is -0.000452. The van der Waals surface area contributed by atoms with Gasteiger partial charge in [-0.2, -0.15) is 0 Å². The summed E-state index contributed by atoms with van der Waals surface area (Å²) in [4.78, 5) is 11.5. The van der Waals surface area contributed by atoms with E-state index in [-0.39, 0.29) is 5.91 Å². The van der Waals surface area contributed by atoms with Crippen molar-refractivity contribution in [2.75, 3.05) is 52.7 Å². The third-order valence-corrected chi connectivity index (χ3v) is 3.05. The van der Waals surface area contributed by atoms with Crippen molar-refractivity contribution >= 4 is 5.91 Å². The Hall–Kier alpha value is -0.690. The van der Waals surface area contributed by atoms with E-state index in [0.717, 1.165) is 19.6 Å². The van der Waals surface area contributed by atoms with Gasteiger partial charge in [0, 0.05) is 32.2 Å². The normalized spacial score (nSPS) is 11.4. The largest absolute Gasteiger partial charge is 0.380 e. The molecule has 2 N–H and O–H groups in total. The zero-order chi connectivity index (χ0) is 17.3. The number of hydrogen-bond donors (Lipinski definition) is 2. The average Bonchev–Trinajstić information content (AvgIpc) is 2.48. The van der Waals surface area contributed by atoms with Crippen molar-refractivity contribution in [3.05, 3.63) is 0 Å². The van der Waals surface area contributed by atoms with Crippen molar-refractivity contribution in [2.24, 2.45) is 5.92 Å². The van der Waals surface area contributed by atoms with Crippen LogP contribution in [0.4, 0.5) is 0 Å². The van der Waals surface area contributed by atoms with E-state index >= 15 is 0 Å². The molecular weight excluding hydrogens is 296 g/mol. The smallest absolute Gasteiger partial charge is 0.222 e. The highest BCUT2D eigenvalue weighted by molar-refractivity contribution is 5.75. The van der Waals surface area contributed by atoms with Crippen LogP contribution < -0.4 is 10.6 Å². The van der Waals surface area contributed by atoms with Gasteiger partial charge in [0.05, 0.1) is 33.0 Å². The quantitative estimate of drug-likeness (QED) is 0.420. The lowest BCUT2D eigenvalue weighted by molar-refractivity contribution is -0.122. The SMILES string of the molecule is CC(C)CCOCCNC(=O)CCOCCOCCNC(C)C. The highest BCUT2D eigenvalue weighted by Gasteiger charge is 2.01. The molecule has 0 unspecified atom stereocenters. The Bertz CT molecular complexity index is 273. The standard InChI is InChI=1S/C17H36N2O4/c1-15(2)5-9-21-12-8-19-17(20)6-10-22-13-14-23-11-7-18-16(3)4/h15-16,18H,5-14H2,1-4H3,(H,19,20). The van der Waals surface area contributed by atoms with Gasteiger partial charge in [-0.1, -0.05) is 27.7 Å². The number of nitrogens with one attached hydrogen (secondary N) is 2. The van der Waals surface area contributed by atoms with E-state index in [2.05, 4.69) is 38.3 Å². The molecule has 0 aliphatic heterocycles. The molecular formula is C17H36N2O4. The molecule has 0 aromatic heterocycles. The van der Waals surface area contributed by atoms with Crippen LogP contribution in [-0.2, 0) is 19.0 Å². The molecule has 0 fully saturated rings. The number of ether oxygens (including phenoxy) is 3. The molecule has 6 nitrogen and oxygen atoms in total. The van der Waals surface area contributed by atoms with Crippen molar-refractivity contribution in [1.29, 1.82) is 0 Å². The summed E-state index contributed by atoms with van der Waals surface area (Å²) in [6, 6.07) is 0.481. The first-order valence-corrected chi connectivity index (χ1v) is 8.75. The van der Waals surface area contributed by atoms with E-state index in [1.807, 2.05) is 0 Å². The van der Waals surface area contributed by atoms with E-state index < -0.39 is 0 Å². The maximum Gasteiger partial charge on any atom is 0.222 e. The van der Waals surface area contributed by atoms with Crippen LogP contribution in [0.5, 0.6) is 0 Å². The van der Waals surface area contributed by atoms with Crippen LogP contribution in [0.3, 0.4) is 0 Å². The molecule has 0 aliphatic rings. The predicted molar refractivity (Wildman–Crippen MR) is 92.7 cm³/mol. The first-order chi connectivity index (χ1) is 11.0. The van der Waals surface area contributed by atoms with E-state index in [9.17, 15) is 4.79 Å². The minimum absolute atomic E-state index is 0.000452. The van der Waals surface area contributed by atoms with E-state index in [0.29, 0.717) is 58.0 Å². The molecule has 0 saturated carbocycles. The first-order valence-electron chi connectivity index (χ1n) is 8.75. The van der Waals surface area contributed by atoms with Gasteiger partial charge in [-0.05, 0) is 12.3 Å². The molecule has 0 bridgehead atoms. The lowest BCUT2D eigenvalue weighted by Gasteiger charge is -2.09. The van der Waals surface area contributed by atoms with Crippen molar-refractivity contribution in [3.8, 4) is 0 Å². The third kappa shape index (κ3) is 19.3. The fourth-order valence-electron chi connectivity index (χ4n) is 1.68. The van der Waals surface area contributed by atoms with Gasteiger partial charge in [-0.15, -0.1) is 0 Å². The lowest BCUT2D eigenvalue weighted by atomic mass is 10.1. The summed E-state index contributed by atoms with van der Waals surface area (Å²) in [6.45, 7) is 13.4. The molecule has 0 atom stereocenters. The van der Waals surface area contributed by atoms with Gasteiger partial charge in [0.1, 0.15) is 0 Å². The number of carbonyl (C=O) groups is 1. The molecule has 138 valence electrons. The van der Waals surface area contributed by atoms with Gasteiger partial charge in [-0.25, -0.2) is 0 Å². The summed E-state index contributed by atoms with van der Waals surface area (Å²) in [5.41, 5.74) is 0. The summed E-state index contributed by atoms with van der Waals surface area (Å²) >= 11 is 0. The molecule has 0 spiro atoms. The lowest BCUT2D eigenvalue weighted by Crippen LogP contribution is -2.28. The van der Waals surface area contributed by atoms with Crippen LogP contribution in [0, 0.1) is 5.92 Å². The van der Waals surface area contributed by atoms with Gasteiger partial charge in [-0.3, -0.25) is 4.79 Å². The molecule has 0 aromatic rings. The molecule has 0 saturated heterocycles. The number of amides is 1. The molecule has 0 aromatic carbocycles. The number of hydrogen-bond acceptors (Lipinski definition) is 5. The van der Waals surface area contributed by atoms with Crippen LogP contribution in [-0.4, -0.2) is 64.7 Å². The monoisotopic (exact) mass is 332 g/mol. The Morgan fingerprint density at radius 1 is 0.826 bits per heavy atom. The molecule has 6 heteroatoms. The molecule has 23 heavy (non-hydrogen) atoms. The highest BCUT2D eigenvalue weighted by atomic mass is 16.5. The maximum atomic E-state index is 11.5. The van der Waals surface area contributed by atoms with E-state index in [1.54, 1.807) is 0 Å². The van der Waals surface area contributed by atoms with Gasteiger partial charge in [0.15, 0.2) is 0 Å². The van der Waals surface area contributed by atoms with Gasteiger partial charge < -0.3 is 24.8 Å². The summed E-state index contributed by atoms with van der Waals surface area (Å²) in [5, 5.41) is 6.09. The van der Waals surface area contributed by atoms with Gasteiger partial charge in [0.2, 0.25) is 5.91 Å². The molecule has 0 rings (SSSR count). The second-order valence-corrected chi connectivity index (χ2v) is 6.23. The fraction of sp³-hybridized carbons (Fsp3) is 0.941. The summed E-state index contributed by atoms with van der Waals surface area (Å²) < 4.78 is 16.2. The first kappa shape index (κ1) is 22.3. The zero-order valence-corrected chi connectivity index (χ0v) is 15.4.